The first kappa shape index (κ1) is 17.2. The fraction of sp³-hybridized carbons (Fsp3) is 0.333. The smallest absolute Gasteiger partial charge is 0.0991 e. The van der Waals surface area contributed by atoms with E-state index in [-0.39, 0.29) is 6.10 Å². The maximum atomic E-state index is 9.10. The zero-order valence-electron chi connectivity index (χ0n) is 14.2. The molecule has 0 radical (unpaired) electrons. The van der Waals surface area contributed by atoms with Crippen LogP contribution in [0.25, 0.3) is 0 Å². The lowest BCUT2D eigenvalue weighted by atomic mass is 10.1. The van der Waals surface area contributed by atoms with Crippen LogP contribution < -0.4 is 0 Å². The standard InChI is InChI=1S/C21H21N3O/c22-12-17-6-8-18(9-7-17)14-24(16-21-5-2-10-25-21)15-20-4-1-3-19(11-20)13-23/h1,3-4,6-9,11,21H,2,5,10,14-16H2. The van der Waals surface area contributed by atoms with Gasteiger partial charge in [-0.1, -0.05) is 24.3 Å². The van der Waals surface area contributed by atoms with Crippen LogP contribution in [0.15, 0.2) is 48.5 Å². The SMILES string of the molecule is N#Cc1ccc(CN(Cc2cccc(C#N)c2)CC2CCCO2)cc1. The Labute approximate surface area is 148 Å². The van der Waals surface area contributed by atoms with Gasteiger partial charge in [0, 0.05) is 26.2 Å². The summed E-state index contributed by atoms with van der Waals surface area (Å²) in [5, 5.41) is 18.0. The Balaban J connectivity index is 1.73. The molecule has 0 amide bonds. The van der Waals surface area contributed by atoms with E-state index in [9.17, 15) is 0 Å². The van der Waals surface area contributed by atoms with Gasteiger partial charge in [-0.05, 0) is 48.2 Å². The van der Waals surface area contributed by atoms with Gasteiger partial charge in [-0.3, -0.25) is 4.90 Å². The molecule has 1 saturated heterocycles. The summed E-state index contributed by atoms with van der Waals surface area (Å²) in [5.74, 6) is 0. The molecular formula is C21H21N3O. The minimum absolute atomic E-state index is 0.275. The van der Waals surface area contributed by atoms with Crippen LogP contribution in [0.4, 0.5) is 0 Å². The van der Waals surface area contributed by atoms with Crippen molar-refractivity contribution in [3.63, 3.8) is 0 Å². The highest BCUT2D eigenvalue weighted by atomic mass is 16.5. The normalized spacial score (nSPS) is 16.5. The summed E-state index contributed by atoms with van der Waals surface area (Å²) in [6.45, 7) is 3.29. The van der Waals surface area contributed by atoms with Crippen molar-refractivity contribution < 1.29 is 4.74 Å². The van der Waals surface area contributed by atoms with E-state index < -0.39 is 0 Å². The second kappa shape index (κ2) is 8.44. The van der Waals surface area contributed by atoms with Crippen LogP contribution in [-0.4, -0.2) is 24.2 Å². The molecule has 0 saturated carbocycles. The molecule has 4 nitrogen and oxygen atoms in total. The quantitative estimate of drug-likeness (QED) is 0.811. The molecule has 2 aromatic carbocycles. The van der Waals surface area contributed by atoms with Crippen molar-refractivity contribution in [3.8, 4) is 12.1 Å². The number of nitriles is 2. The highest BCUT2D eigenvalue weighted by Gasteiger charge is 2.19. The Morgan fingerprint density at radius 2 is 1.72 bits per heavy atom. The number of hydrogen-bond acceptors (Lipinski definition) is 4. The zero-order valence-corrected chi connectivity index (χ0v) is 14.2. The van der Waals surface area contributed by atoms with Gasteiger partial charge in [-0.25, -0.2) is 0 Å². The topological polar surface area (TPSA) is 60.0 Å². The Morgan fingerprint density at radius 3 is 2.40 bits per heavy atom. The first-order valence-corrected chi connectivity index (χ1v) is 8.59. The van der Waals surface area contributed by atoms with Crippen LogP contribution in [0.3, 0.4) is 0 Å². The minimum Gasteiger partial charge on any atom is -0.377 e. The molecule has 1 unspecified atom stereocenters. The average molecular weight is 331 g/mol. The van der Waals surface area contributed by atoms with Gasteiger partial charge in [-0.2, -0.15) is 10.5 Å². The summed E-state index contributed by atoms with van der Waals surface area (Å²) in [6.07, 6.45) is 2.50. The van der Waals surface area contributed by atoms with E-state index in [2.05, 4.69) is 23.1 Å². The summed E-state index contributed by atoms with van der Waals surface area (Å²) in [5.41, 5.74) is 3.67. The summed E-state index contributed by atoms with van der Waals surface area (Å²) in [7, 11) is 0. The lowest BCUT2D eigenvalue weighted by Gasteiger charge is -2.25. The molecule has 2 aromatic rings. The number of ether oxygens (including phenoxy) is 1. The van der Waals surface area contributed by atoms with Gasteiger partial charge in [0.1, 0.15) is 0 Å². The van der Waals surface area contributed by atoms with Gasteiger partial charge in [0.25, 0.3) is 0 Å². The van der Waals surface area contributed by atoms with E-state index in [4.69, 9.17) is 15.3 Å². The van der Waals surface area contributed by atoms with E-state index >= 15 is 0 Å². The van der Waals surface area contributed by atoms with E-state index in [1.165, 1.54) is 5.56 Å². The first-order valence-electron chi connectivity index (χ1n) is 8.59. The van der Waals surface area contributed by atoms with Gasteiger partial charge >= 0.3 is 0 Å². The summed E-state index contributed by atoms with van der Waals surface area (Å²) in [6, 6.07) is 19.8. The first-order chi connectivity index (χ1) is 12.3. The molecule has 0 spiro atoms. The lowest BCUT2D eigenvalue weighted by Crippen LogP contribution is -2.31. The molecule has 1 fully saturated rings. The monoisotopic (exact) mass is 331 g/mol. The van der Waals surface area contributed by atoms with Gasteiger partial charge in [-0.15, -0.1) is 0 Å². The van der Waals surface area contributed by atoms with E-state index in [0.29, 0.717) is 11.1 Å². The molecule has 1 aliphatic heterocycles. The molecule has 0 bridgehead atoms. The molecule has 1 aliphatic rings. The van der Waals surface area contributed by atoms with Crippen molar-refractivity contribution in [2.24, 2.45) is 0 Å². The molecule has 4 heteroatoms. The van der Waals surface area contributed by atoms with Crippen LogP contribution in [-0.2, 0) is 17.8 Å². The van der Waals surface area contributed by atoms with E-state index in [0.717, 1.165) is 44.6 Å². The Bertz CT molecular complexity index is 780. The average Bonchev–Trinajstić information content (AvgIpc) is 3.15. The second-order valence-electron chi connectivity index (χ2n) is 6.43. The van der Waals surface area contributed by atoms with Crippen LogP contribution in [0, 0.1) is 22.7 Å². The van der Waals surface area contributed by atoms with Gasteiger partial charge < -0.3 is 4.74 Å². The summed E-state index contributed by atoms with van der Waals surface area (Å²) >= 11 is 0. The fourth-order valence-electron chi connectivity index (χ4n) is 3.20. The molecule has 0 N–H and O–H groups in total. The molecule has 1 atom stereocenters. The Kier molecular flexibility index (Phi) is 5.80. The maximum Gasteiger partial charge on any atom is 0.0991 e. The van der Waals surface area contributed by atoms with E-state index in [1.54, 1.807) is 0 Å². The van der Waals surface area contributed by atoms with Crippen molar-refractivity contribution in [2.45, 2.75) is 32.0 Å². The van der Waals surface area contributed by atoms with Crippen molar-refractivity contribution in [1.29, 1.82) is 10.5 Å². The third-order valence-corrected chi connectivity index (χ3v) is 4.44. The molecular weight excluding hydrogens is 310 g/mol. The Hall–Kier alpha value is -2.66. The predicted octanol–water partition coefficient (Wildman–Crippen LogP) is 3.61. The lowest BCUT2D eigenvalue weighted by molar-refractivity contribution is 0.0679. The third-order valence-electron chi connectivity index (χ3n) is 4.44. The molecule has 25 heavy (non-hydrogen) atoms. The molecule has 1 heterocycles. The largest absolute Gasteiger partial charge is 0.377 e. The molecule has 3 rings (SSSR count). The van der Waals surface area contributed by atoms with Crippen LogP contribution in [0.1, 0.15) is 35.1 Å². The summed E-state index contributed by atoms with van der Waals surface area (Å²) in [4.78, 5) is 2.36. The van der Waals surface area contributed by atoms with Crippen molar-refractivity contribution in [1.82, 2.24) is 4.90 Å². The Morgan fingerprint density at radius 1 is 0.960 bits per heavy atom. The predicted molar refractivity (Wildman–Crippen MR) is 95.4 cm³/mol. The van der Waals surface area contributed by atoms with Gasteiger partial charge in [0.2, 0.25) is 0 Å². The van der Waals surface area contributed by atoms with Crippen molar-refractivity contribution >= 4 is 0 Å². The summed E-state index contributed by atoms with van der Waals surface area (Å²) < 4.78 is 5.80. The highest BCUT2D eigenvalue weighted by Crippen LogP contribution is 2.18. The number of rotatable bonds is 6. The molecule has 126 valence electrons. The minimum atomic E-state index is 0.275. The van der Waals surface area contributed by atoms with Crippen LogP contribution in [0.2, 0.25) is 0 Å². The van der Waals surface area contributed by atoms with Gasteiger partial charge in [0.05, 0.1) is 29.4 Å². The maximum absolute atomic E-state index is 9.10. The van der Waals surface area contributed by atoms with Crippen molar-refractivity contribution in [3.05, 3.63) is 70.8 Å². The molecule has 0 aromatic heterocycles. The second-order valence-corrected chi connectivity index (χ2v) is 6.43. The fourth-order valence-corrected chi connectivity index (χ4v) is 3.20. The van der Waals surface area contributed by atoms with Gasteiger partial charge in [0.15, 0.2) is 0 Å². The van der Waals surface area contributed by atoms with Crippen molar-refractivity contribution in [2.75, 3.05) is 13.2 Å². The van der Waals surface area contributed by atoms with E-state index in [1.807, 2.05) is 42.5 Å². The number of hydrogen-bond donors (Lipinski definition) is 0. The number of nitrogens with zero attached hydrogens (tertiary/aromatic N) is 3. The highest BCUT2D eigenvalue weighted by molar-refractivity contribution is 5.33. The molecule has 0 aliphatic carbocycles. The van der Waals surface area contributed by atoms with Crippen LogP contribution in [0.5, 0.6) is 0 Å². The van der Waals surface area contributed by atoms with Crippen LogP contribution >= 0.6 is 0 Å². The third kappa shape index (κ3) is 4.90. The zero-order chi connectivity index (χ0) is 17.5. The number of benzene rings is 2.